The third kappa shape index (κ3) is 4.01. The molecule has 7 nitrogen and oxygen atoms in total. The molecule has 0 saturated heterocycles. The number of aryl methyl sites for hydroxylation is 4. The van der Waals surface area contributed by atoms with Gasteiger partial charge < -0.3 is 14.8 Å². The largest absolute Gasteiger partial charge is 0.497 e. The van der Waals surface area contributed by atoms with Crippen molar-refractivity contribution in [2.45, 2.75) is 27.7 Å². The molecule has 0 fully saturated rings. The summed E-state index contributed by atoms with van der Waals surface area (Å²) in [4.78, 5) is 17.9. The Morgan fingerprint density at radius 2 is 1.56 bits per heavy atom. The van der Waals surface area contributed by atoms with Gasteiger partial charge in [0.05, 0.1) is 25.4 Å². The van der Waals surface area contributed by atoms with Crippen molar-refractivity contribution >= 4 is 22.6 Å². The SMILES string of the molecule is COc1cc(OC)cc(C(=O)Nc2cc(C)nn2-c2cc(C)c3cc(C)cc(C)c3n2)c1. The molecular weight excluding hydrogens is 404 g/mol. The Morgan fingerprint density at radius 3 is 2.22 bits per heavy atom. The molecule has 0 unspecified atom stereocenters. The van der Waals surface area contributed by atoms with Crippen molar-refractivity contribution in [3.63, 3.8) is 0 Å². The lowest BCUT2D eigenvalue weighted by molar-refractivity contribution is 0.102. The Morgan fingerprint density at radius 1 is 0.875 bits per heavy atom. The number of ether oxygens (including phenoxy) is 2. The van der Waals surface area contributed by atoms with Crippen LogP contribution in [0.4, 0.5) is 5.82 Å². The van der Waals surface area contributed by atoms with Crippen LogP contribution in [-0.2, 0) is 0 Å². The molecule has 4 rings (SSSR count). The van der Waals surface area contributed by atoms with E-state index < -0.39 is 0 Å². The van der Waals surface area contributed by atoms with Crippen molar-refractivity contribution in [3.05, 3.63) is 70.4 Å². The van der Waals surface area contributed by atoms with Crippen LogP contribution < -0.4 is 14.8 Å². The lowest BCUT2D eigenvalue weighted by Gasteiger charge is -2.13. The Kier molecular flexibility index (Phi) is 5.57. The second kappa shape index (κ2) is 8.34. The first-order valence-corrected chi connectivity index (χ1v) is 10.3. The summed E-state index contributed by atoms with van der Waals surface area (Å²) in [6.07, 6.45) is 0. The second-order valence-electron chi connectivity index (χ2n) is 7.91. The first-order valence-electron chi connectivity index (χ1n) is 10.3. The molecule has 2 heterocycles. The smallest absolute Gasteiger partial charge is 0.257 e. The quantitative estimate of drug-likeness (QED) is 0.486. The van der Waals surface area contributed by atoms with Crippen molar-refractivity contribution in [1.82, 2.24) is 14.8 Å². The Balaban J connectivity index is 1.75. The number of nitrogens with one attached hydrogen (secondary N) is 1. The van der Waals surface area contributed by atoms with Gasteiger partial charge in [-0.1, -0.05) is 11.6 Å². The summed E-state index contributed by atoms with van der Waals surface area (Å²) in [6, 6.07) is 13.1. The fourth-order valence-corrected chi connectivity index (χ4v) is 3.83. The molecule has 164 valence electrons. The van der Waals surface area contributed by atoms with E-state index in [1.54, 1.807) is 37.1 Å². The van der Waals surface area contributed by atoms with E-state index in [9.17, 15) is 4.79 Å². The summed E-state index contributed by atoms with van der Waals surface area (Å²) in [6.45, 7) is 8.07. The molecule has 0 aliphatic rings. The average molecular weight is 431 g/mol. The van der Waals surface area contributed by atoms with E-state index in [1.807, 2.05) is 19.1 Å². The number of carbonyl (C=O) groups is 1. The van der Waals surface area contributed by atoms with Crippen LogP contribution >= 0.6 is 0 Å². The average Bonchev–Trinajstić information content (AvgIpc) is 3.13. The molecule has 2 aromatic heterocycles. The van der Waals surface area contributed by atoms with Gasteiger partial charge in [0.25, 0.3) is 5.91 Å². The van der Waals surface area contributed by atoms with E-state index in [1.165, 1.54) is 5.56 Å². The Labute approximate surface area is 187 Å². The van der Waals surface area contributed by atoms with E-state index in [-0.39, 0.29) is 5.91 Å². The van der Waals surface area contributed by atoms with Gasteiger partial charge in [0.1, 0.15) is 17.3 Å². The number of pyridine rings is 1. The molecule has 0 saturated carbocycles. The Hall–Kier alpha value is -3.87. The maximum Gasteiger partial charge on any atom is 0.257 e. The molecule has 0 aliphatic heterocycles. The summed E-state index contributed by atoms with van der Waals surface area (Å²) >= 11 is 0. The van der Waals surface area contributed by atoms with Gasteiger partial charge in [0.2, 0.25) is 0 Å². The minimum atomic E-state index is -0.298. The zero-order valence-corrected chi connectivity index (χ0v) is 19.1. The third-order valence-electron chi connectivity index (χ3n) is 5.35. The van der Waals surface area contributed by atoms with Gasteiger partial charge in [-0.2, -0.15) is 9.78 Å². The van der Waals surface area contributed by atoms with Gasteiger partial charge in [0.15, 0.2) is 5.82 Å². The van der Waals surface area contributed by atoms with Gasteiger partial charge >= 0.3 is 0 Å². The summed E-state index contributed by atoms with van der Waals surface area (Å²) in [5.74, 6) is 1.96. The van der Waals surface area contributed by atoms with E-state index in [0.717, 1.165) is 27.7 Å². The molecule has 1 amide bonds. The number of nitrogens with zero attached hydrogens (tertiary/aromatic N) is 3. The first kappa shape index (κ1) is 21.4. The highest BCUT2D eigenvalue weighted by Gasteiger charge is 2.16. The number of carbonyl (C=O) groups excluding carboxylic acids is 1. The maximum absolute atomic E-state index is 13.0. The van der Waals surface area contributed by atoms with Crippen LogP contribution in [0.15, 0.2) is 42.5 Å². The number of fused-ring (bicyclic) bond motifs is 1. The third-order valence-corrected chi connectivity index (χ3v) is 5.35. The number of rotatable bonds is 5. The Bertz CT molecular complexity index is 1320. The molecule has 4 aromatic rings. The molecule has 0 radical (unpaired) electrons. The van der Waals surface area contributed by atoms with Gasteiger partial charge in [-0.25, -0.2) is 4.98 Å². The van der Waals surface area contributed by atoms with Crippen LogP contribution in [0, 0.1) is 27.7 Å². The lowest BCUT2D eigenvalue weighted by atomic mass is 10.0. The monoisotopic (exact) mass is 430 g/mol. The number of aromatic nitrogens is 3. The normalized spacial score (nSPS) is 10.9. The zero-order valence-electron chi connectivity index (χ0n) is 19.1. The van der Waals surface area contributed by atoms with Gasteiger partial charge in [0, 0.05) is 23.1 Å². The fourth-order valence-electron chi connectivity index (χ4n) is 3.83. The summed E-state index contributed by atoms with van der Waals surface area (Å²) in [5.41, 5.74) is 5.50. The zero-order chi connectivity index (χ0) is 23.0. The molecule has 0 atom stereocenters. The van der Waals surface area contributed by atoms with Crippen LogP contribution in [-0.4, -0.2) is 34.9 Å². The topological polar surface area (TPSA) is 78.3 Å². The molecule has 7 heteroatoms. The van der Waals surface area contributed by atoms with Crippen LogP contribution in [0.1, 0.15) is 32.7 Å². The van der Waals surface area contributed by atoms with Crippen molar-refractivity contribution in [1.29, 1.82) is 0 Å². The van der Waals surface area contributed by atoms with E-state index in [4.69, 9.17) is 14.5 Å². The molecule has 0 spiro atoms. The number of hydrogen-bond donors (Lipinski definition) is 1. The molecule has 32 heavy (non-hydrogen) atoms. The predicted molar refractivity (Wildman–Crippen MR) is 125 cm³/mol. The molecular formula is C25H26N4O3. The number of hydrogen-bond acceptors (Lipinski definition) is 5. The van der Waals surface area contributed by atoms with Crippen molar-refractivity contribution in [2.24, 2.45) is 0 Å². The predicted octanol–water partition coefficient (Wildman–Crippen LogP) is 4.92. The fraction of sp³-hybridized carbons (Fsp3) is 0.240. The van der Waals surface area contributed by atoms with Crippen molar-refractivity contribution < 1.29 is 14.3 Å². The molecule has 0 bridgehead atoms. The summed E-state index contributed by atoms with van der Waals surface area (Å²) in [5, 5.41) is 8.65. The maximum atomic E-state index is 13.0. The van der Waals surface area contributed by atoms with Gasteiger partial charge in [-0.05, 0) is 63.1 Å². The molecule has 0 aliphatic carbocycles. The van der Waals surface area contributed by atoms with E-state index in [2.05, 4.69) is 43.3 Å². The van der Waals surface area contributed by atoms with Gasteiger partial charge in [-0.15, -0.1) is 0 Å². The molecule has 1 N–H and O–H groups in total. The highest BCUT2D eigenvalue weighted by molar-refractivity contribution is 6.04. The lowest BCUT2D eigenvalue weighted by Crippen LogP contribution is -2.16. The van der Waals surface area contributed by atoms with Crippen LogP contribution in [0.3, 0.4) is 0 Å². The minimum Gasteiger partial charge on any atom is -0.497 e. The first-order chi connectivity index (χ1) is 15.3. The standard InChI is InChI=1S/C25H26N4O3/c1-14-7-16(3)24-21(8-14)15(2)9-22(26-24)29-23(10-17(4)28-29)27-25(30)18-11-19(31-5)13-20(12-18)32-6/h7-13H,1-6H3,(H,27,30). The number of benzene rings is 2. The van der Waals surface area contributed by atoms with E-state index >= 15 is 0 Å². The highest BCUT2D eigenvalue weighted by atomic mass is 16.5. The summed E-state index contributed by atoms with van der Waals surface area (Å²) in [7, 11) is 3.10. The van der Waals surface area contributed by atoms with Crippen molar-refractivity contribution in [3.8, 4) is 17.3 Å². The highest BCUT2D eigenvalue weighted by Crippen LogP contribution is 2.27. The van der Waals surface area contributed by atoms with Crippen LogP contribution in [0.5, 0.6) is 11.5 Å². The van der Waals surface area contributed by atoms with Gasteiger partial charge in [-0.3, -0.25) is 4.79 Å². The van der Waals surface area contributed by atoms with E-state index in [0.29, 0.717) is 28.7 Å². The number of anilines is 1. The number of methoxy groups -OCH3 is 2. The number of amides is 1. The second-order valence-corrected chi connectivity index (χ2v) is 7.91. The van der Waals surface area contributed by atoms with Crippen LogP contribution in [0.25, 0.3) is 16.7 Å². The van der Waals surface area contributed by atoms with Crippen molar-refractivity contribution in [2.75, 3.05) is 19.5 Å². The molecule has 2 aromatic carbocycles. The summed E-state index contributed by atoms with van der Waals surface area (Å²) < 4.78 is 12.2. The van der Waals surface area contributed by atoms with Crippen LogP contribution in [0.2, 0.25) is 0 Å². The minimum absolute atomic E-state index is 0.298.